The van der Waals surface area contributed by atoms with E-state index in [1.807, 2.05) is 0 Å². The van der Waals surface area contributed by atoms with Gasteiger partial charge in [-0.3, -0.25) is 0 Å². The van der Waals surface area contributed by atoms with Gasteiger partial charge in [0, 0.05) is 16.2 Å². The lowest BCUT2D eigenvalue weighted by atomic mass is 10.2. The van der Waals surface area contributed by atoms with Gasteiger partial charge in [-0.2, -0.15) is 0 Å². The number of aromatic hydroxyl groups is 1. The monoisotopic (exact) mass is 302 g/mol. The minimum Gasteiger partial charge on any atom is -0.507 e. The maximum atomic E-state index is 9.40. The Balaban J connectivity index is 2.89. The molecule has 0 unspecified atom stereocenters. The van der Waals surface area contributed by atoms with Gasteiger partial charge in [-0.15, -0.1) is 0 Å². The third kappa shape index (κ3) is 3.41. The average Bonchev–Trinajstić information content (AvgIpc) is 2.11. The molecule has 0 radical (unpaired) electrons. The largest absolute Gasteiger partial charge is 0.507 e. The van der Waals surface area contributed by atoms with Crippen LogP contribution in [-0.4, -0.2) is 10.4 Å². The van der Waals surface area contributed by atoms with Crippen LogP contribution in [0.2, 0.25) is 0 Å². The third-order valence-corrected chi connectivity index (χ3v) is 2.29. The standard InChI is InChI=1S/C10H8Br2O/c11-6-2-1-3-8-7-9(12)4-5-10(8)13/h4-5,7,13H,2,6H2. The second-order valence-corrected chi connectivity index (χ2v) is 4.11. The van der Waals surface area contributed by atoms with Gasteiger partial charge in [0.25, 0.3) is 0 Å². The highest BCUT2D eigenvalue weighted by atomic mass is 79.9. The number of halogens is 2. The fraction of sp³-hybridized carbons (Fsp3) is 0.200. The predicted molar refractivity (Wildman–Crippen MR) is 61.1 cm³/mol. The summed E-state index contributed by atoms with van der Waals surface area (Å²) in [6.07, 6.45) is 0.784. The Labute approximate surface area is 94.4 Å². The molecule has 0 fully saturated rings. The van der Waals surface area contributed by atoms with E-state index in [0.29, 0.717) is 5.56 Å². The Kier molecular flexibility index (Phi) is 4.34. The molecule has 0 saturated carbocycles. The average molecular weight is 304 g/mol. The van der Waals surface area contributed by atoms with Crippen molar-refractivity contribution in [1.82, 2.24) is 0 Å². The summed E-state index contributed by atoms with van der Waals surface area (Å²) in [4.78, 5) is 0. The van der Waals surface area contributed by atoms with Gasteiger partial charge in [-0.1, -0.05) is 43.7 Å². The Morgan fingerprint density at radius 2 is 2.15 bits per heavy atom. The summed E-state index contributed by atoms with van der Waals surface area (Å²) in [5, 5.41) is 10.3. The van der Waals surface area contributed by atoms with Crippen LogP contribution in [0, 0.1) is 11.8 Å². The number of rotatable bonds is 1. The molecular weight excluding hydrogens is 296 g/mol. The first kappa shape index (κ1) is 10.6. The summed E-state index contributed by atoms with van der Waals surface area (Å²) in [6, 6.07) is 5.21. The van der Waals surface area contributed by atoms with E-state index >= 15 is 0 Å². The molecule has 0 spiro atoms. The lowest BCUT2D eigenvalue weighted by Crippen LogP contribution is -1.77. The van der Waals surface area contributed by atoms with Gasteiger partial charge in [0.1, 0.15) is 5.75 Å². The van der Waals surface area contributed by atoms with E-state index in [1.165, 1.54) is 0 Å². The smallest absolute Gasteiger partial charge is 0.131 e. The predicted octanol–water partition coefficient (Wildman–Crippen LogP) is 3.29. The molecule has 0 heterocycles. The lowest BCUT2D eigenvalue weighted by Gasteiger charge is -1.96. The van der Waals surface area contributed by atoms with Gasteiger partial charge in [0.05, 0.1) is 5.56 Å². The number of hydrogen-bond donors (Lipinski definition) is 1. The second-order valence-electron chi connectivity index (χ2n) is 2.40. The quantitative estimate of drug-likeness (QED) is 0.623. The molecule has 1 aromatic rings. The van der Waals surface area contributed by atoms with Crippen molar-refractivity contribution in [2.45, 2.75) is 6.42 Å². The Morgan fingerprint density at radius 1 is 1.38 bits per heavy atom. The molecule has 1 nitrogen and oxygen atoms in total. The molecule has 0 aliphatic rings. The SMILES string of the molecule is Oc1ccc(Br)cc1C#CCCBr. The van der Waals surface area contributed by atoms with Crippen LogP contribution >= 0.6 is 31.9 Å². The van der Waals surface area contributed by atoms with Gasteiger partial charge >= 0.3 is 0 Å². The van der Waals surface area contributed by atoms with Crippen LogP contribution in [0.25, 0.3) is 0 Å². The van der Waals surface area contributed by atoms with Gasteiger partial charge in [0.15, 0.2) is 0 Å². The van der Waals surface area contributed by atoms with Crippen molar-refractivity contribution in [2.75, 3.05) is 5.33 Å². The highest BCUT2D eigenvalue weighted by Crippen LogP contribution is 2.20. The van der Waals surface area contributed by atoms with Crippen LogP contribution in [0.4, 0.5) is 0 Å². The van der Waals surface area contributed by atoms with Gasteiger partial charge in [-0.25, -0.2) is 0 Å². The van der Waals surface area contributed by atoms with E-state index in [4.69, 9.17) is 0 Å². The number of phenols is 1. The summed E-state index contributed by atoms with van der Waals surface area (Å²) in [5.41, 5.74) is 0.662. The molecule has 68 valence electrons. The number of hydrogen-bond acceptors (Lipinski definition) is 1. The van der Waals surface area contributed by atoms with E-state index in [-0.39, 0.29) is 5.75 Å². The molecule has 0 aromatic heterocycles. The second kappa shape index (κ2) is 5.31. The van der Waals surface area contributed by atoms with E-state index < -0.39 is 0 Å². The zero-order chi connectivity index (χ0) is 9.68. The van der Waals surface area contributed by atoms with Crippen molar-refractivity contribution in [2.24, 2.45) is 0 Å². The van der Waals surface area contributed by atoms with Crippen molar-refractivity contribution in [3.63, 3.8) is 0 Å². The summed E-state index contributed by atoms with van der Waals surface area (Å²) < 4.78 is 0.924. The van der Waals surface area contributed by atoms with E-state index in [0.717, 1.165) is 16.2 Å². The Hall–Kier alpha value is -0.460. The zero-order valence-electron chi connectivity index (χ0n) is 6.85. The number of alkyl halides is 1. The van der Waals surface area contributed by atoms with Crippen molar-refractivity contribution in [1.29, 1.82) is 0 Å². The zero-order valence-corrected chi connectivity index (χ0v) is 10.0. The van der Waals surface area contributed by atoms with Crippen molar-refractivity contribution >= 4 is 31.9 Å². The first-order chi connectivity index (χ1) is 6.24. The molecule has 13 heavy (non-hydrogen) atoms. The van der Waals surface area contributed by atoms with Crippen molar-refractivity contribution in [3.05, 3.63) is 28.2 Å². The maximum absolute atomic E-state index is 9.40. The first-order valence-electron chi connectivity index (χ1n) is 3.77. The molecule has 0 aliphatic carbocycles. The summed E-state index contributed by atoms with van der Waals surface area (Å²) in [7, 11) is 0. The van der Waals surface area contributed by atoms with Crippen LogP contribution in [0.1, 0.15) is 12.0 Å². The van der Waals surface area contributed by atoms with Crippen LogP contribution in [0.3, 0.4) is 0 Å². The highest BCUT2D eigenvalue weighted by molar-refractivity contribution is 9.10. The maximum Gasteiger partial charge on any atom is 0.131 e. The minimum atomic E-state index is 0.227. The molecule has 0 bridgehead atoms. The van der Waals surface area contributed by atoms with E-state index in [9.17, 15) is 5.11 Å². The van der Waals surface area contributed by atoms with E-state index in [1.54, 1.807) is 18.2 Å². The van der Waals surface area contributed by atoms with Gasteiger partial charge < -0.3 is 5.11 Å². The summed E-state index contributed by atoms with van der Waals surface area (Å²) in [5.74, 6) is 6.06. The first-order valence-corrected chi connectivity index (χ1v) is 5.69. The fourth-order valence-corrected chi connectivity index (χ4v) is 1.37. The number of benzene rings is 1. The van der Waals surface area contributed by atoms with Gasteiger partial charge in [-0.05, 0) is 18.2 Å². The van der Waals surface area contributed by atoms with Crippen molar-refractivity contribution in [3.8, 4) is 17.6 Å². The van der Waals surface area contributed by atoms with Crippen LogP contribution in [0.5, 0.6) is 5.75 Å². The Bertz CT molecular complexity index is 350. The van der Waals surface area contributed by atoms with Gasteiger partial charge in [0.2, 0.25) is 0 Å². The third-order valence-electron chi connectivity index (χ3n) is 1.40. The number of phenolic OH excluding ortho intramolecular Hbond substituents is 1. The highest BCUT2D eigenvalue weighted by Gasteiger charge is 1.96. The molecule has 0 atom stereocenters. The fourth-order valence-electron chi connectivity index (χ4n) is 0.813. The topological polar surface area (TPSA) is 20.2 Å². The minimum absolute atomic E-state index is 0.227. The van der Waals surface area contributed by atoms with Crippen LogP contribution in [-0.2, 0) is 0 Å². The molecule has 0 amide bonds. The van der Waals surface area contributed by atoms with E-state index in [2.05, 4.69) is 43.7 Å². The Morgan fingerprint density at radius 3 is 2.85 bits per heavy atom. The summed E-state index contributed by atoms with van der Waals surface area (Å²) in [6.45, 7) is 0. The summed E-state index contributed by atoms with van der Waals surface area (Å²) >= 11 is 6.60. The molecule has 1 aromatic carbocycles. The molecule has 3 heteroatoms. The molecule has 1 N–H and O–H groups in total. The molecule has 0 saturated heterocycles. The molecule has 1 rings (SSSR count). The van der Waals surface area contributed by atoms with Crippen LogP contribution < -0.4 is 0 Å². The molecule has 0 aliphatic heterocycles. The lowest BCUT2D eigenvalue weighted by molar-refractivity contribution is 0.473. The van der Waals surface area contributed by atoms with Crippen molar-refractivity contribution < 1.29 is 5.11 Å². The normalized spacial score (nSPS) is 9.08. The molecular formula is C10H8Br2O. The van der Waals surface area contributed by atoms with Crippen LogP contribution in [0.15, 0.2) is 22.7 Å².